The predicted octanol–water partition coefficient (Wildman–Crippen LogP) is -6.57. The van der Waals surface area contributed by atoms with E-state index >= 15 is 0 Å². The molecular weight excluding hydrogens is 864 g/mol. The fraction of sp³-hybridized carbons (Fsp3) is 0.842. The average molecular weight is 929 g/mol. The van der Waals surface area contributed by atoms with Crippen LogP contribution < -0.4 is 21.3 Å². The molecule has 0 radical (unpaired) electrons. The maximum Gasteiger partial charge on any atom is 0.408 e. The number of alkyl carbamates (subject to hydrolysis) is 1. The van der Waals surface area contributed by atoms with E-state index in [1.807, 2.05) is 0 Å². The SMILES string of the molecule is C=CCO[C@@H]1O[C@H](CO)[C@@H](O[C@@H]2O[C@H](CO)[C@@H](O[C@@H]3O[C@H](CO)[C@@H](O[C@@H]4O[C@H](CO)[C@@H](O)[C@H](O)[C@H]4NC(=O)OC(C)(C)C)[C@H](O)[C@H]3NC(C)=O)[C@H](O)[C@H]2NC(C)=O)[C@H](O)[C@H]1NC(C)=O. The van der Waals surface area contributed by atoms with Crippen LogP contribution in [0.15, 0.2) is 12.7 Å². The van der Waals surface area contributed by atoms with E-state index in [-0.39, 0.29) is 6.61 Å². The van der Waals surface area contributed by atoms with Gasteiger partial charge in [0.25, 0.3) is 0 Å². The third kappa shape index (κ3) is 13.2. The van der Waals surface area contributed by atoms with Crippen molar-refractivity contribution in [3.63, 3.8) is 0 Å². The van der Waals surface area contributed by atoms with Gasteiger partial charge in [-0.15, -0.1) is 6.58 Å². The lowest BCUT2D eigenvalue weighted by Gasteiger charge is -2.51. The van der Waals surface area contributed by atoms with Gasteiger partial charge in [0.1, 0.15) is 103 Å². The molecule has 368 valence electrons. The highest BCUT2D eigenvalue weighted by atomic mass is 16.8. The van der Waals surface area contributed by atoms with Crippen LogP contribution in [0.25, 0.3) is 0 Å². The molecule has 0 aromatic heterocycles. The molecule has 0 aromatic rings. The van der Waals surface area contributed by atoms with Crippen LogP contribution in [0.2, 0.25) is 0 Å². The van der Waals surface area contributed by atoms with Crippen molar-refractivity contribution < 1.29 is 108 Å². The molecule has 4 aliphatic rings. The normalized spacial score (nSPS) is 40.4. The van der Waals surface area contributed by atoms with Gasteiger partial charge in [-0.3, -0.25) is 14.4 Å². The zero-order chi connectivity index (χ0) is 47.8. The number of hydrogen-bond acceptors (Lipinski definition) is 22. The maximum atomic E-state index is 12.8. The highest BCUT2D eigenvalue weighted by molar-refractivity contribution is 5.74. The first kappa shape index (κ1) is 53.4. The van der Waals surface area contributed by atoms with Gasteiger partial charge in [-0.25, -0.2) is 4.79 Å². The predicted molar refractivity (Wildman–Crippen MR) is 210 cm³/mol. The molecule has 13 N–H and O–H groups in total. The number of carbonyl (C=O) groups is 4. The number of ether oxygens (including phenoxy) is 9. The molecule has 0 unspecified atom stereocenters. The minimum atomic E-state index is -1.92. The molecule has 20 atom stereocenters. The third-order valence-corrected chi connectivity index (χ3v) is 10.5. The second kappa shape index (κ2) is 23.5. The largest absolute Gasteiger partial charge is 0.444 e. The Morgan fingerprint density at radius 1 is 0.531 bits per heavy atom. The van der Waals surface area contributed by atoms with Gasteiger partial charge in [0, 0.05) is 20.8 Å². The topological polar surface area (TPSA) is 382 Å². The summed E-state index contributed by atoms with van der Waals surface area (Å²) >= 11 is 0. The van der Waals surface area contributed by atoms with E-state index in [0.29, 0.717) is 0 Å². The lowest BCUT2D eigenvalue weighted by atomic mass is 9.93. The Bertz CT molecular complexity index is 1560. The van der Waals surface area contributed by atoms with E-state index in [1.165, 1.54) is 13.0 Å². The lowest BCUT2D eigenvalue weighted by Crippen LogP contribution is -2.71. The fourth-order valence-corrected chi connectivity index (χ4v) is 7.67. The molecule has 0 saturated carbocycles. The number of rotatable bonds is 17. The summed E-state index contributed by atoms with van der Waals surface area (Å²) in [6.07, 6.45) is -26.3. The van der Waals surface area contributed by atoms with Gasteiger partial charge in [0.15, 0.2) is 25.2 Å². The third-order valence-electron chi connectivity index (χ3n) is 10.5. The number of nitrogens with one attached hydrogen (secondary N) is 4. The Balaban J connectivity index is 1.62. The van der Waals surface area contributed by atoms with E-state index in [0.717, 1.165) is 13.8 Å². The molecule has 4 rings (SSSR count). The monoisotopic (exact) mass is 928 g/mol. The highest BCUT2D eigenvalue weighted by Crippen LogP contribution is 2.35. The van der Waals surface area contributed by atoms with Gasteiger partial charge in [0.05, 0.1) is 33.0 Å². The molecule has 0 aromatic carbocycles. The number of aliphatic hydroxyl groups is 9. The van der Waals surface area contributed by atoms with Crippen molar-refractivity contribution >= 4 is 23.8 Å². The van der Waals surface area contributed by atoms with Crippen molar-refractivity contribution in [2.24, 2.45) is 0 Å². The van der Waals surface area contributed by atoms with Crippen molar-refractivity contribution in [2.75, 3.05) is 33.0 Å². The second-order valence-electron chi connectivity index (χ2n) is 16.6. The van der Waals surface area contributed by atoms with Crippen molar-refractivity contribution in [1.82, 2.24) is 21.3 Å². The molecule has 64 heavy (non-hydrogen) atoms. The van der Waals surface area contributed by atoms with E-state index in [2.05, 4.69) is 27.8 Å². The van der Waals surface area contributed by atoms with Gasteiger partial charge in [-0.2, -0.15) is 0 Å². The summed E-state index contributed by atoms with van der Waals surface area (Å²) in [5, 5.41) is 108. The summed E-state index contributed by atoms with van der Waals surface area (Å²) in [4.78, 5) is 50.0. The van der Waals surface area contributed by atoms with Crippen LogP contribution in [-0.4, -0.2) is 231 Å². The molecule has 0 aliphatic carbocycles. The molecular formula is C38H64N4O22. The van der Waals surface area contributed by atoms with E-state index in [9.17, 15) is 65.1 Å². The first-order valence-corrected chi connectivity index (χ1v) is 20.5. The Labute approximate surface area is 368 Å². The standard InChI is InChI=1S/C38H64N4O22/c1-8-9-56-33-22(39-14(2)47)27(52)30(18(11-44)58-33)62-35-24(41-16(4)49)29(54)32(20(13-46)60-35)63-36-23(40-15(3)48)28(53)31(19(12-45)59-36)61-34-21(42-37(55)64-38(5,6)7)26(51)25(50)17(10-43)57-34/h8,17-36,43-46,50-54H,1,9-13H2,2-7H3,(H,39,47)(H,40,48)(H,41,49)(H,42,55)/t17-,18-,19-,20-,21-,22-,23-,24-,25-,26-,27-,28-,29-,30-,31-,32-,33-,34+,35+,36+/m1/s1. The quantitative estimate of drug-likeness (QED) is 0.0603. The Morgan fingerprint density at radius 2 is 0.859 bits per heavy atom. The van der Waals surface area contributed by atoms with Crippen LogP contribution in [0, 0.1) is 0 Å². The van der Waals surface area contributed by atoms with Crippen LogP contribution in [0.1, 0.15) is 41.5 Å². The zero-order valence-corrected chi connectivity index (χ0v) is 36.2. The van der Waals surface area contributed by atoms with Crippen LogP contribution in [0.3, 0.4) is 0 Å². The van der Waals surface area contributed by atoms with Gasteiger partial charge >= 0.3 is 6.09 Å². The van der Waals surface area contributed by atoms with Crippen LogP contribution in [0.5, 0.6) is 0 Å². The van der Waals surface area contributed by atoms with Crippen molar-refractivity contribution in [3.8, 4) is 0 Å². The maximum absolute atomic E-state index is 12.8. The lowest BCUT2D eigenvalue weighted by molar-refractivity contribution is -0.362. The second-order valence-corrected chi connectivity index (χ2v) is 16.6. The molecule has 26 heteroatoms. The van der Waals surface area contributed by atoms with E-state index < -0.39 is 178 Å². The molecule has 0 spiro atoms. The number of amides is 4. The minimum Gasteiger partial charge on any atom is -0.444 e. The molecule has 0 bridgehead atoms. The summed E-state index contributed by atoms with van der Waals surface area (Å²) in [7, 11) is 0. The molecule has 4 amide bonds. The van der Waals surface area contributed by atoms with Crippen molar-refractivity contribution in [3.05, 3.63) is 12.7 Å². The van der Waals surface area contributed by atoms with Gasteiger partial charge < -0.3 is 110 Å². The van der Waals surface area contributed by atoms with Crippen molar-refractivity contribution in [1.29, 1.82) is 0 Å². The summed E-state index contributed by atoms with van der Waals surface area (Å²) < 4.78 is 52.5. The van der Waals surface area contributed by atoms with Crippen LogP contribution in [-0.2, 0) is 57.0 Å². The van der Waals surface area contributed by atoms with E-state index in [4.69, 9.17) is 42.6 Å². The van der Waals surface area contributed by atoms with Gasteiger partial charge in [-0.05, 0) is 20.8 Å². The van der Waals surface area contributed by atoms with Crippen molar-refractivity contribution in [2.45, 2.75) is 170 Å². The Hall–Kier alpha value is -3.26. The zero-order valence-electron chi connectivity index (χ0n) is 36.2. The molecule has 4 saturated heterocycles. The number of carbonyl (C=O) groups excluding carboxylic acids is 4. The van der Waals surface area contributed by atoms with Crippen LogP contribution in [0.4, 0.5) is 4.79 Å². The van der Waals surface area contributed by atoms with Crippen LogP contribution >= 0.6 is 0 Å². The molecule has 4 heterocycles. The molecule has 4 fully saturated rings. The minimum absolute atomic E-state index is 0.0700. The fourth-order valence-electron chi connectivity index (χ4n) is 7.67. The summed E-state index contributed by atoms with van der Waals surface area (Å²) in [6.45, 7) is 8.05. The summed E-state index contributed by atoms with van der Waals surface area (Å²) in [5.41, 5.74) is -1.01. The first-order chi connectivity index (χ1) is 30.1. The number of hydrogen-bond donors (Lipinski definition) is 13. The smallest absolute Gasteiger partial charge is 0.408 e. The average Bonchev–Trinajstić information content (AvgIpc) is 3.21. The Kier molecular flexibility index (Phi) is 19.6. The van der Waals surface area contributed by atoms with E-state index in [1.54, 1.807) is 20.8 Å². The van der Waals surface area contributed by atoms with Gasteiger partial charge in [0.2, 0.25) is 17.7 Å². The number of aliphatic hydroxyl groups excluding tert-OH is 9. The Morgan fingerprint density at radius 3 is 1.19 bits per heavy atom. The molecule has 26 nitrogen and oxygen atoms in total. The summed E-state index contributed by atoms with van der Waals surface area (Å²) in [5.74, 6) is -2.08. The molecule has 4 aliphatic heterocycles. The first-order valence-electron chi connectivity index (χ1n) is 20.5. The highest BCUT2D eigenvalue weighted by Gasteiger charge is 2.56. The summed E-state index contributed by atoms with van der Waals surface area (Å²) in [6, 6.07) is -6.13. The van der Waals surface area contributed by atoms with Gasteiger partial charge in [-0.1, -0.05) is 6.08 Å².